The fourth-order valence-corrected chi connectivity index (χ4v) is 3.47. The highest BCUT2D eigenvalue weighted by atomic mass is 16.4. The Balaban J connectivity index is 1.60. The molecule has 0 fully saturated rings. The molecule has 0 aliphatic heterocycles. The summed E-state index contributed by atoms with van der Waals surface area (Å²) in [5, 5.41) is 14.2. The van der Waals surface area contributed by atoms with Crippen molar-refractivity contribution in [1.29, 1.82) is 0 Å². The fourth-order valence-electron chi connectivity index (χ4n) is 3.47. The summed E-state index contributed by atoms with van der Waals surface area (Å²) in [6.45, 7) is 3.00. The summed E-state index contributed by atoms with van der Waals surface area (Å²) in [6, 6.07) is 21.0. The number of carbonyl (C=O) groups is 1. The van der Waals surface area contributed by atoms with Crippen LogP contribution >= 0.6 is 0 Å². The highest BCUT2D eigenvalue weighted by Crippen LogP contribution is 2.23. The Morgan fingerprint density at radius 2 is 1.74 bits per heavy atom. The van der Waals surface area contributed by atoms with Gasteiger partial charge in [0.2, 0.25) is 0 Å². The molecule has 0 bridgehead atoms. The van der Waals surface area contributed by atoms with Crippen LogP contribution in [-0.2, 0) is 13.0 Å². The number of hydrogen-bond acceptors (Lipinski definition) is 4. The van der Waals surface area contributed by atoms with E-state index in [-0.39, 0.29) is 5.56 Å². The standard InChI is InChI=1S/C25H24N4O2/c1-2-3-16-29-22(27-24(28-29)20-8-5-4-6-9-20)17-18-11-13-19(14-12-18)23-21(25(30)31)10-7-15-26-23/h4-15H,2-3,16-17H2,1H3,(H,30,31). The summed E-state index contributed by atoms with van der Waals surface area (Å²) in [5.41, 5.74) is 3.53. The van der Waals surface area contributed by atoms with E-state index in [1.165, 1.54) is 0 Å². The van der Waals surface area contributed by atoms with E-state index < -0.39 is 5.97 Å². The van der Waals surface area contributed by atoms with Crippen molar-refractivity contribution >= 4 is 5.97 Å². The minimum Gasteiger partial charge on any atom is -0.478 e. The summed E-state index contributed by atoms with van der Waals surface area (Å²) in [4.78, 5) is 20.6. The van der Waals surface area contributed by atoms with E-state index >= 15 is 0 Å². The van der Waals surface area contributed by atoms with Crippen LogP contribution in [0.25, 0.3) is 22.6 Å². The second-order valence-electron chi connectivity index (χ2n) is 7.37. The Morgan fingerprint density at radius 3 is 2.45 bits per heavy atom. The molecule has 31 heavy (non-hydrogen) atoms. The molecule has 0 spiro atoms. The Kier molecular flexibility index (Phi) is 6.17. The summed E-state index contributed by atoms with van der Waals surface area (Å²) < 4.78 is 2.00. The van der Waals surface area contributed by atoms with E-state index in [2.05, 4.69) is 11.9 Å². The molecule has 0 unspecified atom stereocenters. The van der Waals surface area contributed by atoms with Gasteiger partial charge in [0.1, 0.15) is 5.82 Å². The number of aromatic nitrogens is 4. The molecule has 2 aromatic heterocycles. The third-order valence-corrected chi connectivity index (χ3v) is 5.13. The number of hydrogen-bond donors (Lipinski definition) is 1. The molecule has 0 aliphatic carbocycles. The maximum Gasteiger partial charge on any atom is 0.337 e. The molecule has 4 aromatic rings. The zero-order valence-corrected chi connectivity index (χ0v) is 17.4. The average molecular weight is 412 g/mol. The molecule has 2 heterocycles. The van der Waals surface area contributed by atoms with Crippen molar-refractivity contribution in [2.45, 2.75) is 32.7 Å². The van der Waals surface area contributed by atoms with Gasteiger partial charge in [-0.15, -0.1) is 0 Å². The van der Waals surface area contributed by atoms with Gasteiger partial charge >= 0.3 is 5.97 Å². The number of rotatable bonds is 8. The van der Waals surface area contributed by atoms with Gasteiger partial charge in [-0.3, -0.25) is 4.98 Å². The normalized spacial score (nSPS) is 10.9. The maximum atomic E-state index is 11.5. The molecular formula is C25H24N4O2. The second-order valence-corrected chi connectivity index (χ2v) is 7.37. The van der Waals surface area contributed by atoms with Gasteiger partial charge in [0.25, 0.3) is 0 Å². The van der Waals surface area contributed by atoms with Crippen LogP contribution in [0.4, 0.5) is 0 Å². The lowest BCUT2D eigenvalue weighted by Crippen LogP contribution is -2.06. The quantitative estimate of drug-likeness (QED) is 0.436. The summed E-state index contributed by atoms with van der Waals surface area (Å²) in [7, 11) is 0. The number of pyridine rings is 1. The number of aromatic carboxylic acids is 1. The summed E-state index contributed by atoms with van der Waals surface area (Å²) >= 11 is 0. The van der Waals surface area contributed by atoms with Crippen LogP contribution in [0, 0.1) is 0 Å². The van der Waals surface area contributed by atoms with E-state index in [1.807, 2.05) is 59.3 Å². The third-order valence-electron chi connectivity index (χ3n) is 5.13. The monoisotopic (exact) mass is 412 g/mol. The second kappa shape index (κ2) is 9.34. The number of carboxylic acid groups (broad SMARTS) is 1. The smallest absolute Gasteiger partial charge is 0.337 e. The van der Waals surface area contributed by atoms with E-state index in [4.69, 9.17) is 10.1 Å². The molecule has 0 aliphatic rings. The zero-order chi connectivity index (χ0) is 21.6. The van der Waals surface area contributed by atoms with Gasteiger partial charge in [-0.2, -0.15) is 5.10 Å². The minimum absolute atomic E-state index is 0.196. The van der Waals surface area contributed by atoms with Crippen LogP contribution in [0.15, 0.2) is 72.9 Å². The highest BCUT2D eigenvalue weighted by Gasteiger charge is 2.14. The van der Waals surface area contributed by atoms with Crippen molar-refractivity contribution in [3.05, 3.63) is 89.9 Å². The van der Waals surface area contributed by atoms with Crippen LogP contribution in [0.1, 0.15) is 41.5 Å². The fraction of sp³-hybridized carbons (Fsp3) is 0.200. The van der Waals surface area contributed by atoms with E-state index in [0.717, 1.165) is 47.7 Å². The maximum absolute atomic E-state index is 11.5. The van der Waals surface area contributed by atoms with Gasteiger partial charge in [-0.1, -0.05) is 67.9 Å². The minimum atomic E-state index is -0.982. The lowest BCUT2D eigenvalue weighted by atomic mass is 10.0. The first-order valence-corrected chi connectivity index (χ1v) is 10.4. The molecule has 0 atom stereocenters. The summed E-state index contributed by atoms with van der Waals surface area (Å²) in [5.74, 6) is 0.677. The van der Waals surface area contributed by atoms with Crippen LogP contribution in [0.2, 0.25) is 0 Å². The first-order chi connectivity index (χ1) is 15.2. The van der Waals surface area contributed by atoms with Crippen molar-refractivity contribution < 1.29 is 9.90 Å². The Hall–Kier alpha value is -3.80. The number of benzene rings is 2. The summed E-state index contributed by atoms with van der Waals surface area (Å²) in [6.07, 6.45) is 4.39. The van der Waals surface area contributed by atoms with Crippen molar-refractivity contribution in [3.63, 3.8) is 0 Å². The first-order valence-electron chi connectivity index (χ1n) is 10.4. The van der Waals surface area contributed by atoms with E-state index in [1.54, 1.807) is 18.3 Å². The van der Waals surface area contributed by atoms with Crippen LogP contribution in [0.3, 0.4) is 0 Å². The molecule has 4 rings (SSSR count). The zero-order valence-electron chi connectivity index (χ0n) is 17.4. The molecule has 0 amide bonds. The topological polar surface area (TPSA) is 80.9 Å². The third kappa shape index (κ3) is 4.69. The van der Waals surface area contributed by atoms with E-state index in [0.29, 0.717) is 12.1 Å². The molecule has 156 valence electrons. The van der Waals surface area contributed by atoms with Gasteiger partial charge in [0, 0.05) is 30.3 Å². The number of nitrogens with zero attached hydrogens (tertiary/aromatic N) is 4. The Bertz CT molecular complexity index is 1170. The van der Waals surface area contributed by atoms with Gasteiger partial charge < -0.3 is 5.11 Å². The molecule has 1 N–H and O–H groups in total. The number of carboxylic acids is 1. The van der Waals surface area contributed by atoms with Crippen LogP contribution in [-0.4, -0.2) is 30.8 Å². The van der Waals surface area contributed by atoms with Gasteiger partial charge in [-0.05, 0) is 24.1 Å². The predicted octanol–water partition coefficient (Wildman–Crippen LogP) is 5.10. The van der Waals surface area contributed by atoms with Crippen molar-refractivity contribution in [1.82, 2.24) is 19.7 Å². The lowest BCUT2D eigenvalue weighted by Gasteiger charge is -2.08. The molecule has 0 saturated carbocycles. The Labute approximate surface area is 181 Å². The van der Waals surface area contributed by atoms with Crippen molar-refractivity contribution in [3.8, 4) is 22.6 Å². The van der Waals surface area contributed by atoms with Crippen LogP contribution < -0.4 is 0 Å². The largest absolute Gasteiger partial charge is 0.478 e. The molecule has 6 nitrogen and oxygen atoms in total. The van der Waals surface area contributed by atoms with E-state index in [9.17, 15) is 9.90 Å². The Morgan fingerprint density at radius 1 is 0.968 bits per heavy atom. The number of aryl methyl sites for hydroxylation is 1. The SMILES string of the molecule is CCCCn1nc(-c2ccccc2)nc1Cc1ccc(-c2ncccc2C(=O)O)cc1. The van der Waals surface area contributed by atoms with Gasteiger partial charge in [0.05, 0.1) is 11.3 Å². The lowest BCUT2D eigenvalue weighted by molar-refractivity contribution is 0.0697. The van der Waals surface area contributed by atoms with Gasteiger partial charge in [0.15, 0.2) is 5.82 Å². The molecule has 0 radical (unpaired) electrons. The van der Waals surface area contributed by atoms with Crippen molar-refractivity contribution in [2.75, 3.05) is 0 Å². The predicted molar refractivity (Wildman–Crippen MR) is 120 cm³/mol. The molecule has 2 aromatic carbocycles. The van der Waals surface area contributed by atoms with Crippen LogP contribution in [0.5, 0.6) is 0 Å². The number of unbranched alkanes of at least 4 members (excludes halogenated alkanes) is 1. The average Bonchev–Trinajstić information content (AvgIpc) is 3.21. The van der Waals surface area contributed by atoms with Gasteiger partial charge in [-0.25, -0.2) is 14.5 Å². The first kappa shape index (κ1) is 20.5. The van der Waals surface area contributed by atoms with Crippen molar-refractivity contribution in [2.24, 2.45) is 0 Å². The molecule has 0 saturated heterocycles. The highest BCUT2D eigenvalue weighted by molar-refractivity contribution is 5.94. The molecular weight excluding hydrogens is 388 g/mol. The molecule has 6 heteroatoms.